The average molecular weight is 326 g/mol. The van der Waals surface area contributed by atoms with Gasteiger partial charge in [-0.25, -0.2) is 4.39 Å². The van der Waals surface area contributed by atoms with E-state index in [1.807, 2.05) is 33.0 Å². The van der Waals surface area contributed by atoms with Crippen molar-refractivity contribution in [3.05, 3.63) is 68.4 Å². The molecule has 0 aliphatic heterocycles. The maximum absolute atomic E-state index is 14.3. The molecule has 1 nitrogen and oxygen atoms in total. The Morgan fingerprint density at radius 1 is 1.14 bits per heavy atom. The molecule has 0 fully saturated rings. The summed E-state index contributed by atoms with van der Waals surface area (Å²) in [7, 11) is 1.83. The first-order chi connectivity index (χ1) is 9.92. The topological polar surface area (TPSA) is 12.0 Å². The zero-order valence-corrected chi connectivity index (χ0v) is 13.8. The fourth-order valence-corrected chi connectivity index (χ4v) is 3.11. The van der Waals surface area contributed by atoms with Crippen LogP contribution in [0.4, 0.5) is 4.39 Å². The van der Waals surface area contributed by atoms with Gasteiger partial charge in [0.15, 0.2) is 0 Å². The molecule has 0 amide bonds. The van der Waals surface area contributed by atoms with E-state index in [2.05, 4.69) is 5.32 Å². The molecule has 0 aromatic heterocycles. The molecule has 0 spiro atoms. The van der Waals surface area contributed by atoms with Gasteiger partial charge in [-0.2, -0.15) is 0 Å². The van der Waals surface area contributed by atoms with Gasteiger partial charge in [0, 0.05) is 21.7 Å². The Morgan fingerprint density at radius 3 is 2.43 bits per heavy atom. The lowest BCUT2D eigenvalue weighted by Crippen LogP contribution is -2.21. The predicted molar refractivity (Wildman–Crippen MR) is 87.8 cm³/mol. The monoisotopic (exact) mass is 325 g/mol. The molecule has 0 bridgehead atoms. The number of aryl methyl sites for hydroxylation is 2. The molecule has 1 atom stereocenters. The van der Waals surface area contributed by atoms with Crippen LogP contribution in [0.5, 0.6) is 0 Å². The first-order valence-electron chi connectivity index (χ1n) is 6.80. The van der Waals surface area contributed by atoms with Crippen LogP contribution in [0.1, 0.15) is 28.3 Å². The first-order valence-corrected chi connectivity index (χ1v) is 7.55. The Labute approximate surface area is 135 Å². The second-order valence-corrected chi connectivity index (χ2v) is 6.10. The highest BCUT2D eigenvalue weighted by Gasteiger charge is 2.18. The van der Waals surface area contributed by atoms with Crippen molar-refractivity contribution in [2.24, 2.45) is 0 Å². The van der Waals surface area contributed by atoms with Gasteiger partial charge >= 0.3 is 0 Å². The largest absolute Gasteiger partial charge is 0.313 e. The minimum atomic E-state index is -0.183. The molecular formula is C17H18Cl2FN. The van der Waals surface area contributed by atoms with Gasteiger partial charge in [0.05, 0.1) is 0 Å². The summed E-state index contributed by atoms with van der Waals surface area (Å²) in [6.45, 7) is 3.82. The highest BCUT2D eigenvalue weighted by atomic mass is 35.5. The molecule has 0 saturated carbocycles. The Balaban J connectivity index is 2.37. The minimum Gasteiger partial charge on any atom is -0.313 e. The van der Waals surface area contributed by atoms with Crippen LogP contribution in [-0.2, 0) is 6.42 Å². The first kappa shape index (κ1) is 16.3. The number of nitrogens with one attached hydrogen (secondary N) is 1. The van der Waals surface area contributed by atoms with Crippen molar-refractivity contribution in [1.82, 2.24) is 5.32 Å². The SMILES string of the molecule is CNC(Cc1ccc(Cl)cc1Cl)c1c(C)cc(C)cc1F. The van der Waals surface area contributed by atoms with E-state index in [1.54, 1.807) is 18.2 Å². The highest BCUT2D eigenvalue weighted by molar-refractivity contribution is 6.35. The number of hydrogen-bond donors (Lipinski definition) is 1. The lowest BCUT2D eigenvalue weighted by molar-refractivity contribution is 0.530. The molecular weight excluding hydrogens is 308 g/mol. The molecule has 0 saturated heterocycles. The van der Waals surface area contributed by atoms with E-state index in [4.69, 9.17) is 23.2 Å². The third-order valence-electron chi connectivity index (χ3n) is 3.62. The molecule has 0 aliphatic rings. The quantitative estimate of drug-likeness (QED) is 0.809. The van der Waals surface area contributed by atoms with E-state index in [1.165, 1.54) is 0 Å². The van der Waals surface area contributed by atoms with Crippen LogP contribution in [0.15, 0.2) is 30.3 Å². The molecule has 2 rings (SSSR count). The molecule has 2 aromatic rings. The van der Waals surface area contributed by atoms with Crippen LogP contribution >= 0.6 is 23.2 Å². The molecule has 0 aliphatic carbocycles. The Hall–Kier alpha value is -1.09. The summed E-state index contributed by atoms with van der Waals surface area (Å²) in [5.41, 5.74) is 3.50. The summed E-state index contributed by atoms with van der Waals surface area (Å²) < 4.78 is 14.3. The summed E-state index contributed by atoms with van der Waals surface area (Å²) in [6, 6.07) is 8.82. The van der Waals surface area contributed by atoms with Crippen molar-refractivity contribution in [2.75, 3.05) is 7.05 Å². The van der Waals surface area contributed by atoms with E-state index in [0.29, 0.717) is 22.0 Å². The molecule has 1 unspecified atom stereocenters. The van der Waals surface area contributed by atoms with E-state index < -0.39 is 0 Å². The van der Waals surface area contributed by atoms with Crippen molar-refractivity contribution in [2.45, 2.75) is 26.3 Å². The Bertz CT molecular complexity index is 632. The van der Waals surface area contributed by atoms with Gasteiger partial charge in [0.25, 0.3) is 0 Å². The van der Waals surface area contributed by atoms with Crippen molar-refractivity contribution in [1.29, 1.82) is 0 Å². The normalized spacial score (nSPS) is 12.5. The lowest BCUT2D eigenvalue weighted by atomic mass is 9.93. The number of likely N-dealkylation sites (N-methyl/N-ethyl adjacent to an activating group) is 1. The van der Waals surface area contributed by atoms with E-state index in [-0.39, 0.29) is 11.9 Å². The van der Waals surface area contributed by atoms with Gasteiger partial charge in [-0.3, -0.25) is 0 Å². The van der Waals surface area contributed by atoms with Crippen molar-refractivity contribution < 1.29 is 4.39 Å². The van der Waals surface area contributed by atoms with Crippen LogP contribution < -0.4 is 5.32 Å². The zero-order valence-electron chi connectivity index (χ0n) is 12.3. The molecule has 21 heavy (non-hydrogen) atoms. The number of benzene rings is 2. The van der Waals surface area contributed by atoms with Gasteiger partial charge in [-0.1, -0.05) is 35.3 Å². The van der Waals surface area contributed by atoms with Gasteiger partial charge in [-0.05, 0) is 62.2 Å². The van der Waals surface area contributed by atoms with Crippen molar-refractivity contribution >= 4 is 23.2 Å². The van der Waals surface area contributed by atoms with Crippen LogP contribution in [-0.4, -0.2) is 7.05 Å². The summed E-state index contributed by atoms with van der Waals surface area (Å²) in [5, 5.41) is 4.38. The van der Waals surface area contributed by atoms with Crippen LogP contribution in [0.3, 0.4) is 0 Å². The predicted octanol–water partition coefficient (Wildman–Crippen LogP) is 5.25. The Morgan fingerprint density at radius 2 is 1.86 bits per heavy atom. The summed E-state index contributed by atoms with van der Waals surface area (Å²) in [4.78, 5) is 0. The second-order valence-electron chi connectivity index (χ2n) is 5.26. The van der Waals surface area contributed by atoms with Crippen molar-refractivity contribution in [3.8, 4) is 0 Å². The van der Waals surface area contributed by atoms with Crippen LogP contribution in [0, 0.1) is 19.7 Å². The second kappa shape index (κ2) is 6.78. The number of halogens is 3. The molecule has 1 N–H and O–H groups in total. The fraction of sp³-hybridized carbons (Fsp3) is 0.294. The van der Waals surface area contributed by atoms with Gasteiger partial charge in [0.2, 0.25) is 0 Å². The van der Waals surface area contributed by atoms with Crippen molar-refractivity contribution in [3.63, 3.8) is 0 Å². The summed E-state index contributed by atoms with van der Waals surface area (Å²) in [6.07, 6.45) is 0.604. The molecule has 112 valence electrons. The van der Waals surface area contributed by atoms with Gasteiger partial charge in [0.1, 0.15) is 5.82 Å². The van der Waals surface area contributed by atoms with Gasteiger partial charge in [-0.15, -0.1) is 0 Å². The number of hydrogen-bond acceptors (Lipinski definition) is 1. The van der Waals surface area contributed by atoms with E-state index in [9.17, 15) is 4.39 Å². The van der Waals surface area contributed by atoms with Gasteiger partial charge < -0.3 is 5.32 Å². The smallest absolute Gasteiger partial charge is 0.128 e. The average Bonchev–Trinajstić information content (AvgIpc) is 2.39. The minimum absolute atomic E-state index is 0.135. The molecule has 4 heteroatoms. The molecule has 0 radical (unpaired) electrons. The van der Waals surface area contributed by atoms with Crippen LogP contribution in [0.2, 0.25) is 10.0 Å². The maximum atomic E-state index is 14.3. The third-order valence-corrected chi connectivity index (χ3v) is 4.20. The maximum Gasteiger partial charge on any atom is 0.128 e. The van der Waals surface area contributed by atoms with E-state index in [0.717, 1.165) is 16.7 Å². The Kier molecular flexibility index (Phi) is 5.26. The van der Waals surface area contributed by atoms with Crippen LogP contribution in [0.25, 0.3) is 0 Å². The summed E-state index contributed by atoms with van der Waals surface area (Å²) in [5.74, 6) is -0.183. The summed E-state index contributed by atoms with van der Waals surface area (Å²) >= 11 is 12.1. The van der Waals surface area contributed by atoms with E-state index >= 15 is 0 Å². The molecule has 2 aromatic carbocycles. The zero-order chi connectivity index (χ0) is 15.6. The number of rotatable bonds is 4. The molecule has 0 heterocycles. The fourth-order valence-electron chi connectivity index (χ4n) is 2.62. The third kappa shape index (κ3) is 3.76. The lowest BCUT2D eigenvalue weighted by Gasteiger charge is -2.21. The highest BCUT2D eigenvalue weighted by Crippen LogP contribution is 2.29. The standard InChI is InChI=1S/C17H18Cl2FN/c1-10-6-11(2)17(15(20)7-10)16(21-3)8-12-4-5-13(18)9-14(12)19/h4-7,9,16,21H,8H2,1-3H3.